The lowest BCUT2D eigenvalue weighted by atomic mass is 9.92. The smallest absolute Gasteiger partial charge is 0.293 e. The molecule has 0 N–H and O–H groups in total. The fourth-order valence-electron chi connectivity index (χ4n) is 4.57. The highest BCUT2D eigenvalue weighted by Gasteiger charge is 2.27. The van der Waals surface area contributed by atoms with E-state index in [1.165, 1.54) is 5.56 Å². The molecule has 3 aromatic carbocycles. The molecule has 2 aliphatic rings. The largest absolute Gasteiger partial charge is 0.363 e. The van der Waals surface area contributed by atoms with Gasteiger partial charge in [-0.05, 0) is 11.6 Å². The summed E-state index contributed by atoms with van der Waals surface area (Å²) < 4.78 is 0. The molecule has 1 saturated heterocycles. The number of Topliss-reactive ketones (excluding diaryl/α,β-unsaturated/α-hetero) is 1. The third kappa shape index (κ3) is 4.27. The molecule has 7 nitrogen and oxygen atoms in total. The van der Waals surface area contributed by atoms with Gasteiger partial charge in [-0.25, -0.2) is 0 Å². The molecule has 2 heterocycles. The van der Waals surface area contributed by atoms with Gasteiger partial charge in [0.1, 0.15) is 12.2 Å². The number of anilines is 1. The fourth-order valence-corrected chi connectivity index (χ4v) is 4.57. The molecule has 0 unspecified atom stereocenters. The standard InChI is InChI=1S/C26H24N4O3/c31-25-17-27-26(22-9-5-4-8-21(22)25)20-10-11-23(24(16-20)30(32)33)29-14-12-28(13-15-29)18-19-6-2-1-3-7-19/h1-11,16H,12-15,17-18H2. The van der Waals surface area contributed by atoms with Gasteiger partial charge in [-0.3, -0.25) is 24.8 Å². The van der Waals surface area contributed by atoms with E-state index in [0.717, 1.165) is 38.3 Å². The number of carbonyl (C=O) groups excluding carboxylic acids is 1. The number of nitro benzene ring substituents is 1. The van der Waals surface area contributed by atoms with Gasteiger partial charge in [-0.15, -0.1) is 0 Å². The summed E-state index contributed by atoms with van der Waals surface area (Å²) in [6.45, 7) is 4.08. The second-order valence-corrected chi connectivity index (χ2v) is 8.34. The van der Waals surface area contributed by atoms with Crippen LogP contribution in [-0.2, 0) is 6.54 Å². The van der Waals surface area contributed by atoms with Crippen LogP contribution < -0.4 is 4.90 Å². The predicted octanol–water partition coefficient (Wildman–Crippen LogP) is 3.95. The Kier molecular flexibility index (Phi) is 5.71. The van der Waals surface area contributed by atoms with E-state index in [1.807, 2.05) is 48.5 Å². The maximum absolute atomic E-state index is 12.2. The van der Waals surface area contributed by atoms with Crippen molar-refractivity contribution in [1.82, 2.24) is 4.90 Å². The minimum atomic E-state index is -0.324. The van der Waals surface area contributed by atoms with Crippen molar-refractivity contribution in [3.05, 3.63) is 105 Å². The average Bonchev–Trinajstić information content (AvgIpc) is 2.85. The Morgan fingerprint density at radius 3 is 2.30 bits per heavy atom. The number of nitrogens with zero attached hydrogens (tertiary/aromatic N) is 4. The Hall–Kier alpha value is -3.84. The molecule has 3 aromatic rings. The van der Waals surface area contributed by atoms with Crippen molar-refractivity contribution in [2.45, 2.75) is 6.54 Å². The van der Waals surface area contributed by atoms with Crippen molar-refractivity contribution in [3.63, 3.8) is 0 Å². The van der Waals surface area contributed by atoms with Crippen molar-refractivity contribution in [3.8, 4) is 0 Å². The highest BCUT2D eigenvalue weighted by molar-refractivity contribution is 6.22. The summed E-state index contributed by atoms with van der Waals surface area (Å²) in [7, 11) is 0. The van der Waals surface area contributed by atoms with E-state index in [4.69, 9.17) is 0 Å². The summed E-state index contributed by atoms with van der Waals surface area (Å²) in [5, 5.41) is 12.0. The molecule has 33 heavy (non-hydrogen) atoms. The Bertz CT molecular complexity index is 1230. The van der Waals surface area contributed by atoms with E-state index in [0.29, 0.717) is 22.5 Å². The Morgan fingerprint density at radius 2 is 1.58 bits per heavy atom. The van der Waals surface area contributed by atoms with Crippen LogP contribution in [0.1, 0.15) is 27.0 Å². The van der Waals surface area contributed by atoms with Gasteiger partial charge < -0.3 is 4.90 Å². The zero-order valence-corrected chi connectivity index (χ0v) is 18.2. The number of hydrogen-bond acceptors (Lipinski definition) is 6. The second-order valence-electron chi connectivity index (χ2n) is 8.34. The summed E-state index contributed by atoms with van der Waals surface area (Å²) in [4.78, 5) is 32.8. The molecule has 1 fully saturated rings. The molecule has 0 radical (unpaired) electrons. The maximum atomic E-state index is 12.2. The number of rotatable bonds is 5. The summed E-state index contributed by atoms with van der Waals surface area (Å²) in [6.07, 6.45) is 0. The van der Waals surface area contributed by atoms with Gasteiger partial charge in [0, 0.05) is 55.5 Å². The van der Waals surface area contributed by atoms with E-state index in [9.17, 15) is 14.9 Å². The lowest BCUT2D eigenvalue weighted by Gasteiger charge is -2.36. The molecule has 2 aliphatic heterocycles. The molecule has 7 heteroatoms. The number of nitro groups is 1. The van der Waals surface area contributed by atoms with E-state index >= 15 is 0 Å². The quantitative estimate of drug-likeness (QED) is 0.443. The SMILES string of the molecule is O=C1CN=C(c2ccc(N3CCN(Cc4ccccc4)CC3)c([N+](=O)[O-])c2)c2ccccc21. The predicted molar refractivity (Wildman–Crippen MR) is 128 cm³/mol. The zero-order valence-electron chi connectivity index (χ0n) is 18.2. The third-order valence-electron chi connectivity index (χ3n) is 6.27. The van der Waals surface area contributed by atoms with Crippen molar-refractivity contribution in [1.29, 1.82) is 0 Å². The molecule has 166 valence electrons. The molecule has 0 bridgehead atoms. The van der Waals surface area contributed by atoms with Crippen molar-refractivity contribution in [2.24, 2.45) is 4.99 Å². The number of aliphatic imine (C=N–C) groups is 1. The third-order valence-corrected chi connectivity index (χ3v) is 6.27. The van der Waals surface area contributed by atoms with Crippen LogP contribution in [0.2, 0.25) is 0 Å². The van der Waals surface area contributed by atoms with Crippen LogP contribution in [0.15, 0.2) is 77.8 Å². The number of piperazine rings is 1. The van der Waals surface area contributed by atoms with E-state index in [-0.39, 0.29) is 22.9 Å². The second kappa shape index (κ2) is 8.96. The van der Waals surface area contributed by atoms with Gasteiger partial charge >= 0.3 is 0 Å². The Labute approximate surface area is 192 Å². The van der Waals surface area contributed by atoms with Crippen LogP contribution in [0, 0.1) is 10.1 Å². The molecular formula is C26H24N4O3. The summed E-state index contributed by atoms with van der Waals surface area (Å²) in [5.41, 5.74) is 4.60. The number of fused-ring (bicyclic) bond motifs is 1. The highest BCUT2D eigenvalue weighted by Crippen LogP contribution is 2.32. The van der Waals surface area contributed by atoms with Crippen LogP contribution in [0.5, 0.6) is 0 Å². The average molecular weight is 441 g/mol. The van der Waals surface area contributed by atoms with Crippen LogP contribution in [0.4, 0.5) is 11.4 Å². The lowest BCUT2D eigenvalue weighted by molar-refractivity contribution is -0.384. The van der Waals surface area contributed by atoms with Gasteiger partial charge in [0.2, 0.25) is 0 Å². The molecule has 0 amide bonds. The van der Waals surface area contributed by atoms with Crippen LogP contribution >= 0.6 is 0 Å². The van der Waals surface area contributed by atoms with Gasteiger partial charge in [-0.1, -0.05) is 60.7 Å². The first kappa shape index (κ1) is 21.0. The van der Waals surface area contributed by atoms with E-state index in [2.05, 4.69) is 26.9 Å². The first-order valence-corrected chi connectivity index (χ1v) is 11.1. The van der Waals surface area contributed by atoms with Crippen molar-refractivity contribution in [2.75, 3.05) is 37.6 Å². The molecular weight excluding hydrogens is 416 g/mol. The van der Waals surface area contributed by atoms with Gasteiger partial charge in [0.15, 0.2) is 5.78 Å². The van der Waals surface area contributed by atoms with E-state index in [1.54, 1.807) is 12.1 Å². The van der Waals surface area contributed by atoms with Crippen LogP contribution in [0.25, 0.3) is 0 Å². The monoisotopic (exact) mass is 440 g/mol. The number of carbonyl (C=O) groups is 1. The fraction of sp³-hybridized carbons (Fsp3) is 0.231. The first-order chi connectivity index (χ1) is 16.1. The molecule has 0 aromatic heterocycles. The zero-order chi connectivity index (χ0) is 22.8. The summed E-state index contributed by atoms with van der Waals surface area (Å²) in [5.74, 6) is -0.0335. The van der Waals surface area contributed by atoms with Crippen molar-refractivity contribution < 1.29 is 9.72 Å². The number of hydrogen-bond donors (Lipinski definition) is 0. The summed E-state index contributed by atoms with van der Waals surface area (Å²) in [6, 6.07) is 22.9. The molecule has 0 atom stereocenters. The first-order valence-electron chi connectivity index (χ1n) is 11.1. The molecule has 5 rings (SSSR count). The van der Waals surface area contributed by atoms with Crippen molar-refractivity contribution >= 4 is 22.9 Å². The normalized spacial score (nSPS) is 16.3. The Balaban J connectivity index is 1.37. The topological polar surface area (TPSA) is 79.0 Å². The van der Waals surface area contributed by atoms with Crippen LogP contribution in [0.3, 0.4) is 0 Å². The molecule has 0 aliphatic carbocycles. The minimum absolute atomic E-state index is 0.0335. The van der Waals surface area contributed by atoms with Gasteiger partial charge in [0.25, 0.3) is 5.69 Å². The molecule has 0 saturated carbocycles. The number of ketones is 1. The van der Waals surface area contributed by atoms with Gasteiger partial charge in [-0.2, -0.15) is 0 Å². The summed E-state index contributed by atoms with van der Waals surface area (Å²) >= 11 is 0. The highest BCUT2D eigenvalue weighted by atomic mass is 16.6. The van der Waals surface area contributed by atoms with Gasteiger partial charge in [0.05, 0.1) is 10.6 Å². The van der Waals surface area contributed by atoms with E-state index < -0.39 is 0 Å². The number of benzene rings is 3. The lowest BCUT2D eigenvalue weighted by Crippen LogP contribution is -2.46. The molecule has 0 spiro atoms. The minimum Gasteiger partial charge on any atom is -0.363 e. The van der Waals surface area contributed by atoms with Crippen LogP contribution in [-0.4, -0.2) is 54.0 Å². The Morgan fingerprint density at radius 1 is 0.879 bits per heavy atom. The maximum Gasteiger partial charge on any atom is 0.293 e.